The van der Waals surface area contributed by atoms with Crippen LogP contribution in [0.4, 0.5) is 0 Å². The van der Waals surface area contributed by atoms with E-state index >= 15 is 0 Å². The summed E-state index contributed by atoms with van der Waals surface area (Å²) in [7, 11) is 3.99. The van der Waals surface area contributed by atoms with Crippen LogP contribution >= 0.6 is 0 Å². The lowest BCUT2D eigenvalue weighted by molar-refractivity contribution is 0.190. The largest absolute Gasteiger partial charge is 0.496 e. The summed E-state index contributed by atoms with van der Waals surface area (Å²) in [4.78, 5) is 2.46. The Morgan fingerprint density at radius 1 is 1.32 bits per heavy atom. The van der Waals surface area contributed by atoms with Crippen molar-refractivity contribution in [3.8, 4) is 5.75 Å². The van der Waals surface area contributed by atoms with Crippen molar-refractivity contribution in [2.75, 3.05) is 33.8 Å². The highest BCUT2D eigenvalue weighted by Gasteiger charge is 2.18. The molecule has 106 valence electrons. The third kappa shape index (κ3) is 3.48. The van der Waals surface area contributed by atoms with Gasteiger partial charge in [0.2, 0.25) is 0 Å². The van der Waals surface area contributed by atoms with E-state index in [-0.39, 0.29) is 0 Å². The number of hydrogen-bond acceptors (Lipinski definition) is 3. The molecule has 1 unspecified atom stereocenters. The summed E-state index contributed by atoms with van der Waals surface area (Å²) >= 11 is 0. The molecule has 1 atom stereocenters. The minimum atomic E-state index is 0.639. The van der Waals surface area contributed by atoms with Crippen LogP contribution in [0.2, 0.25) is 0 Å². The van der Waals surface area contributed by atoms with E-state index in [2.05, 4.69) is 43.2 Å². The Labute approximate surface area is 116 Å². The zero-order valence-corrected chi connectivity index (χ0v) is 12.6. The molecule has 0 spiro atoms. The molecule has 1 fully saturated rings. The van der Waals surface area contributed by atoms with E-state index in [1.54, 1.807) is 7.11 Å². The minimum absolute atomic E-state index is 0.639. The molecule has 0 radical (unpaired) electrons. The second-order valence-electron chi connectivity index (χ2n) is 5.63. The summed E-state index contributed by atoms with van der Waals surface area (Å²) in [5, 5.41) is 3.48. The van der Waals surface area contributed by atoms with Gasteiger partial charge in [-0.2, -0.15) is 0 Å². The van der Waals surface area contributed by atoms with Gasteiger partial charge in [0.15, 0.2) is 0 Å². The lowest BCUT2D eigenvalue weighted by Crippen LogP contribution is -2.49. The summed E-state index contributed by atoms with van der Waals surface area (Å²) in [6.07, 6.45) is 2.27. The van der Waals surface area contributed by atoms with Gasteiger partial charge in [0.25, 0.3) is 0 Å². The fourth-order valence-corrected chi connectivity index (χ4v) is 2.74. The molecule has 0 saturated carbocycles. The van der Waals surface area contributed by atoms with Crippen molar-refractivity contribution in [1.82, 2.24) is 10.2 Å². The topological polar surface area (TPSA) is 24.5 Å². The zero-order chi connectivity index (χ0) is 13.8. The number of rotatable bonds is 4. The van der Waals surface area contributed by atoms with Gasteiger partial charge in [-0.15, -0.1) is 0 Å². The molecular weight excluding hydrogens is 236 g/mol. The molecule has 1 aliphatic rings. The maximum absolute atomic E-state index is 5.52. The number of nitrogens with zero attached hydrogens (tertiary/aromatic N) is 1. The number of methoxy groups -OCH3 is 1. The van der Waals surface area contributed by atoms with Crippen LogP contribution < -0.4 is 10.1 Å². The fraction of sp³-hybridized carbons (Fsp3) is 0.625. The first-order chi connectivity index (χ1) is 9.11. The molecule has 0 amide bonds. The van der Waals surface area contributed by atoms with Crippen LogP contribution in [0.1, 0.15) is 23.1 Å². The Kier molecular flexibility index (Phi) is 4.83. The highest BCUT2D eigenvalue weighted by atomic mass is 16.5. The summed E-state index contributed by atoms with van der Waals surface area (Å²) in [6.45, 7) is 7.67. The van der Waals surface area contributed by atoms with Crippen molar-refractivity contribution in [3.05, 3.63) is 28.8 Å². The Bertz CT molecular complexity index is 431. The molecular formula is C16H26N2O. The van der Waals surface area contributed by atoms with Gasteiger partial charge in [0.05, 0.1) is 7.11 Å². The Morgan fingerprint density at radius 3 is 2.74 bits per heavy atom. The second-order valence-corrected chi connectivity index (χ2v) is 5.63. The Hall–Kier alpha value is -1.06. The maximum atomic E-state index is 5.52. The normalized spacial score (nSPS) is 20.5. The van der Waals surface area contributed by atoms with Crippen LogP contribution in [-0.2, 0) is 6.42 Å². The predicted octanol–water partition coefficient (Wildman–Crippen LogP) is 2.15. The molecule has 2 rings (SSSR count). The van der Waals surface area contributed by atoms with Crippen LogP contribution in [0.25, 0.3) is 0 Å². The highest BCUT2D eigenvalue weighted by molar-refractivity contribution is 5.41. The minimum Gasteiger partial charge on any atom is -0.496 e. The van der Waals surface area contributed by atoms with Crippen LogP contribution in [0, 0.1) is 13.8 Å². The van der Waals surface area contributed by atoms with Gasteiger partial charge in [-0.1, -0.05) is 6.07 Å². The third-order valence-corrected chi connectivity index (χ3v) is 4.29. The van der Waals surface area contributed by atoms with E-state index in [1.165, 1.54) is 23.1 Å². The van der Waals surface area contributed by atoms with Crippen LogP contribution in [0.3, 0.4) is 0 Å². The van der Waals surface area contributed by atoms with E-state index < -0.39 is 0 Å². The van der Waals surface area contributed by atoms with Crippen molar-refractivity contribution in [3.63, 3.8) is 0 Å². The number of benzene rings is 1. The number of ether oxygens (including phenoxy) is 1. The van der Waals surface area contributed by atoms with Crippen LogP contribution in [-0.4, -0.2) is 44.7 Å². The molecule has 1 N–H and O–H groups in total. The molecule has 1 heterocycles. The van der Waals surface area contributed by atoms with Crippen molar-refractivity contribution in [2.45, 2.75) is 32.7 Å². The molecule has 0 aliphatic carbocycles. The van der Waals surface area contributed by atoms with Crippen molar-refractivity contribution < 1.29 is 4.74 Å². The molecule has 1 saturated heterocycles. The van der Waals surface area contributed by atoms with Crippen molar-refractivity contribution >= 4 is 0 Å². The fourth-order valence-electron chi connectivity index (χ4n) is 2.74. The first-order valence-electron chi connectivity index (χ1n) is 7.17. The van der Waals surface area contributed by atoms with E-state index in [9.17, 15) is 0 Å². The van der Waals surface area contributed by atoms with Crippen LogP contribution in [0.5, 0.6) is 5.75 Å². The average molecular weight is 262 g/mol. The third-order valence-electron chi connectivity index (χ3n) is 4.29. The quantitative estimate of drug-likeness (QED) is 0.900. The van der Waals surface area contributed by atoms with Gasteiger partial charge in [-0.3, -0.25) is 0 Å². The first-order valence-corrected chi connectivity index (χ1v) is 7.17. The number of piperazine rings is 1. The van der Waals surface area contributed by atoms with E-state index in [4.69, 9.17) is 4.74 Å². The molecule has 0 aromatic heterocycles. The second kappa shape index (κ2) is 6.40. The molecule has 1 aromatic rings. The van der Waals surface area contributed by atoms with Crippen molar-refractivity contribution in [2.24, 2.45) is 0 Å². The monoisotopic (exact) mass is 262 g/mol. The molecule has 19 heavy (non-hydrogen) atoms. The lowest BCUT2D eigenvalue weighted by Gasteiger charge is -2.33. The first kappa shape index (κ1) is 14.4. The Morgan fingerprint density at radius 2 is 2.05 bits per heavy atom. The SMILES string of the molecule is COc1cc(C)c(C)cc1CCC1CNCCN1C. The lowest BCUT2D eigenvalue weighted by atomic mass is 9.98. The van der Waals surface area contributed by atoms with Crippen LogP contribution in [0.15, 0.2) is 12.1 Å². The average Bonchev–Trinajstić information content (AvgIpc) is 2.41. The number of hydrogen-bond donors (Lipinski definition) is 1. The van der Waals surface area contributed by atoms with Gasteiger partial charge < -0.3 is 15.0 Å². The van der Waals surface area contributed by atoms with E-state index in [0.29, 0.717) is 6.04 Å². The van der Waals surface area contributed by atoms with E-state index in [1.807, 2.05) is 0 Å². The summed E-state index contributed by atoms with van der Waals surface area (Å²) in [6, 6.07) is 5.08. The van der Waals surface area contributed by atoms with Gasteiger partial charge in [-0.05, 0) is 56.5 Å². The van der Waals surface area contributed by atoms with Gasteiger partial charge in [0.1, 0.15) is 5.75 Å². The summed E-state index contributed by atoms with van der Waals surface area (Å²) < 4.78 is 5.52. The van der Waals surface area contributed by atoms with E-state index in [0.717, 1.165) is 31.8 Å². The standard InChI is InChI=1S/C16H26N2O/c1-12-9-14(16(19-4)10-13(12)2)5-6-15-11-17-7-8-18(15)3/h9-10,15,17H,5-8,11H2,1-4H3. The molecule has 1 aromatic carbocycles. The summed E-state index contributed by atoms with van der Waals surface area (Å²) in [5.74, 6) is 1.04. The number of likely N-dealkylation sites (N-methyl/N-ethyl adjacent to an activating group) is 1. The van der Waals surface area contributed by atoms with Crippen molar-refractivity contribution in [1.29, 1.82) is 0 Å². The highest BCUT2D eigenvalue weighted by Crippen LogP contribution is 2.25. The Balaban J connectivity index is 2.04. The molecule has 1 aliphatic heterocycles. The smallest absolute Gasteiger partial charge is 0.122 e. The van der Waals surface area contributed by atoms with Gasteiger partial charge >= 0.3 is 0 Å². The number of nitrogens with one attached hydrogen (secondary N) is 1. The summed E-state index contributed by atoms with van der Waals surface area (Å²) in [5.41, 5.74) is 3.99. The molecule has 0 bridgehead atoms. The van der Waals surface area contributed by atoms with Gasteiger partial charge in [0, 0.05) is 25.7 Å². The number of aryl methyl sites for hydroxylation is 3. The predicted molar refractivity (Wildman–Crippen MR) is 80.1 cm³/mol. The molecule has 3 heteroatoms. The molecule has 3 nitrogen and oxygen atoms in total. The zero-order valence-electron chi connectivity index (χ0n) is 12.6. The van der Waals surface area contributed by atoms with Gasteiger partial charge in [-0.25, -0.2) is 0 Å². The maximum Gasteiger partial charge on any atom is 0.122 e.